The Morgan fingerprint density at radius 2 is 1.86 bits per heavy atom. The highest BCUT2D eigenvalue weighted by atomic mass is 16.4. The Kier molecular flexibility index (Phi) is 3.32. The average molecular weight is 299 g/mol. The predicted octanol–water partition coefficient (Wildman–Crippen LogP) is 2.16. The fourth-order valence-corrected chi connectivity index (χ4v) is 2.19. The quantitative estimate of drug-likeness (QED) is 0.800. The molecule has 0 bridgehead atoms. The largest absolute Gasteiger partial charge is 0.437 e. The molecule has 22 heavy (non-hydrogen) atoms. The molecule has 2 aromatic heterocycles. The van der Waals surface area contributed by atoms with Gasteiger partial charge < -0.3 is 10.2 Å². The third-order valence-electron chi connectivity index (χ3n) is 3.43. The molecule has 0 unspecified atom stereocenters. The van der Waals surface area contributed by atoms with Crippen molar-refractivity contribution in [2.75, 3.05) is 5.73 Å². The smallest absolute Gasteiger partial charge is 0.386 e. The van der Waals surface area contributed by atoms with E-state index in [1.54, 1.807) is 4.68 Å². The average Bonchev–Trinajstić information content (AvgIpc) is 3.02. The molecule has 3 rings (SSSR count). The molecule has 0 saturated carbocycles. The van der Waals surface area contributed by atoms with E-state index in [2.05, 4.69) is 10.2 Å². The van der Waals surface area contributed by atoms with Crippen LogP contribution < -0.4 is 11.5 Å². The highest BCUT2D eigenvalue weighted by Crippen LogP contribution is 2.26. The molecule has 0 amide bonds. The minimum atomic E-state index is -0.503. The number of benzene rings is 1. The molecule has 0 aliphatic carbocycles. The summed E-state index contributed by atoms with van der Waals surface area (Å²) in [6.07, 6.45) is 0. The van der Waals surface area contributed by atoms with Crippen LogP contribution in [0.1, 0.15) is 25.5 Å². The highest BCUT2D eigenvalue weighted by molar-refractivity contribution is 5.62. The normalized spacial score (nSPS) is 11.3. The third kappa shape index (κ3) is 2.20. The number of anilines is 1. The van der Waals surface area contributed by atoms with Gasteiger partial charge in [-0.05, 0) is 32.9 Å². The number of nitrogen functional groups attached to an aromatic ring is 1. The maximum absolute atomic E-state index is 11.8. The predicted molar refractivity (Wildman–Crippen MR) is 82.9 cm³/mol. The number of nitrogens with two attached hydrogens (primary N) is 1. The second-order valence-corrected chi connectivity index (χ2v) is 5.32. The summed E-state index contributed by atoms with van der Waals surface area (Å²) in [6, 6.07) is 9.43. The molecule has 3 aromatic rings. The maximum atomic E-state index is 11.8. The van der Waals surface area contributed by atoms with Gasteiger partial charge >= 0.3 is 5.76 Å². The van der Waals surface area contributed by atoms with Crippen LogP contribution in [0.25, 0.3) is 17.3 Å². The van der Waals surface area contributed by atoms with E-state index in [1.165, 1.54) is 4.68 Å². The lowest BCUT2D eigenvalue weighted by Crippen LogP contribution is -2.17. The van der Waals surface area contributed by atoms with Gasteiger partial charge in [0.05, 0.1) is 11.7 Å². The lowest BCUT2D eigenvalue weighted by Gasteiger charge is -2.02. The fraction of sp³-hybridized carbons (Fsp3) is 0.267. The second-order valence-electron chi connectivity index (χ2n) is 5.32. The minimum absolute atomic E-state index is 0.0844. The van der Waals surface area contributed by atoms with E-state index >= 15 is 0 Å². The van der Waals surface area contributed by atoms with E-state index in [0.29, 0.717) is 11.5 Å². The van der Waals surface area contributed by atoms with Crippen molar-refractivity contribution in [1.82, 2.24) is 19.6 Å². The first-order chi connectivity index (χ1) is 10.5. The molecule has 0 radical (unpaired) electrons. The van der Waals surface area contributed by atoms with Crippen molar-refractivity contribution in [3.8, 4) is 17.3 Å². The van der Waals surface area contributed by atoms with Crippen molar-refractivity contribution in [2.45, 2.75) is 26.8 Å². The molecule has 0 saturated heterocycles. The molecule has 2 heterocycles. The number of rotatable bonds is 3. The van der Waals surface area contributed by atoms with Crippen LogP contribution in [0.15, 0.2) is 39.5 Å². The van der Waals surface area contributed by atoms with Gasteiger partial charge in [-0.2, -0.15) is 9.78 Å². The zero-order valence-electron chi connectivity index (χ0n) is 12.6. The second kappa shape index (κ2) is 5.18. The maximum Gasteiger partial charge on any atom is 0.437 e. The van der Waals surface area contributed by atoms with Crippen LogP contribution >= 0.6 is 0 Å². The number of hydrogen-bond donors (Lipinski definition) is 1. The molecular formula is C15H17N5O2. The van der Waals surface area contributed by atoms with Crippen molar-refractivity contribution in [1.29, 1.82) is 0 Å². The van der Waals surface area contributed by atoms with Crippen LogP contribution in [-0.2, 0) is 0 Å². The first-order valence-electron chi connectivity index (χ1n) is 6.99. The van der Waals surface area contributed by atoms with E-state index in [4.69, 9.17) is 10.2 Å². The van der Waals surface area contributed by atoms with Crippen LogP contribution in [0, 0.1) is 6.92 Å². The van der Waals surface area contributed by atoms with Gasteiger partial charge in [0.15, 0.2) is 5.69 Å². The lowest BCUT2D eigenvalue weighted by atomic mass is 10.2. The Labute approximate surface area is 127 Å². The van der Waals surface area contributed by atoms with Crippen molar-refractivity contribution in [3.05, 3.63) is 46.4 Å². The van der Waals surface area contributed by atoms with Crippen molar-refractivity contribution >= 4 is 5.82 Å². The summed E-state index contributed by atoms with van der Waals surface area (Å²) >= 11 is 0. The Morgan fingerprint density at radius 1 is 1.18 bits per heavy atom. The summed E-state index contributed by atoms with van der Waals surface area (Å²) < 4.78 is 8.11. The SMILES string of the molecule is Cc1c(-c2nn(C(C)C)c(=O)o2)nn(-c2ccccc2)c1N. The van der Waals surface area contributed by atoms with Gasteiger partial charge in [0, 0.05) is 5.56 Å². The first kappa shape index (κ1) is 14.1. The minimum Gasteiger partial charge on any atom is -0.386 e. The molecule has 0 fully saturated rings. The number of hydrogen-bond acceptors (Lipinski definition) is 5. The number of aromatic nitrogens is 4. The van der Waals surface area contributed by atoms with E-state index in [9.17, 15) is 4.79 Å². The number of nitrogens with zero attached hydrogens (tertiary/aromatic N) is 4. The lowest BCUT2D eigenvalue weighted by molar-refractivity contribution is 0.449. The summed E-state index contributed by atoms with van der Waals surface area (Å²) in [5.74, 6) is 0.165. The van der Waals surface area contributed by atoms with E-state index in [0.717, 1.165) is 11.3 Å². The summed E-state index contributed by atoms with van der Waals surface area (Å²) in [4.78, 5) is 11.8. The molecule has 1 aromatic carbocycles. The molecule has 0 aliphatic heterocycles. The van der Waals surface area contributed by atoms with Gasteiger partial charge in [-0.1, -0.05) is 18.2 Å². The highest BCUT2D eigenvalue weighted by Gasteiger charge is 2.21. The summed E-state index contributed by atoms with van der Waals surface area (Å²) in [7, 11) is 0. The van der Waals surface area contributed by atoms with E-state index < -0.39 is 5.76 Å². The molecule has 7 nitrogen and oxygen atoms in total. The van der Waals surface area contributed by atoms with Gasteiger partial charge in [0.2, 0.25) is 0 Å². The Morgan fingerprint density at radius 3 is 2.45 bits per heavy atom. The summed E-state index contributed by atoms with van der Waals surface area (Å²) in [5.41, 5.74) is 8.15. The van der Waals surface area contributed by atoms with Crippen molar-refractivity contribution < 1.29 is 4.42 Å². The molecule has 0 aliphatic rings. The van der Waals surface area contributed by atoms with Crippen LogP contribution in [0.5, 0.6) is 0 Å². The van der Waals surface area contributed by atoms with Gasteiger partial charge in [-0.15, -0.1) is 5.10 Å². The van der Waals surface area contributed by atoms with Gasteiger partial charge in [0.1, 0.15) is 5.82 Å². The Balaban J connectivity index is 2.14. The van der Waals surface area contributed by atoms with Crippen LogP contribution in [0.2, 0.25) is 0 Å². The van der Waals surface area contributed by atoms with E-state index in [1.807, 2.05) is 51.1 Å². The monoisotopic (exact) mass is 299 g/mol. The first-order valence-corrected chi connectivity index (χ1v) is 6.99. The summed E-state index contributed by atoms with van der Waals surface area (Å²) in [5, 5.41) is 8.64. The van der Waals surface area contributed by atoms with Gasteiger partial charge in [0.25, 0.3) is 5.89 Å². The van der Waals surface area contributed by atoms with Crippen LogP contribution in [0.3, 0.4) is 0 Å². The zero-order valence-corrected chi connectivity index (χ0v) is 12.6. The third-order valence-corrected chi connectivity index (χ3v) is 3.43. The Hall–Kier alpha value is -2.83. The fourth-order valence-electron chi connectivity index (χ4n) is 2.19. The van der Waals surface area contributed by atoms with Crippen LogP contribution in [0.4, 0.5) is 5.82 Å². The standard InChI is InChI=1S/C15H17N5O2/c1-9(2)19-15(21)22-14(18-19)12-10(3)13(16)20(17-12)11-7-5-4-6-8-11/h4-9H,16H2,1-3H3. The van der Waals surface area contributed by atoms with Crippen molar-refractivity contribution in [3.63, 3.8) is 0 Å². The molecule has 0 spiro atoms. The van der Waals surface area contributed by atoms with Gasteiger partial charge in [-0.25, -0.2) is 9.48 Å². The zero-order chi connectivity index (χ0) is 15.9. The molecular weight excluding hydrogens is 282 g/mol. The topological polar surface area (TPSA) is 91.9 Å². The summed E-state index contributed by atoms with van der Waals surface area (Å²) in [6.45, 7) is 5.54. The van der Waals surface area contributed by atoms with Crippen LogP contribution in [-0.4, -0.2) is 19.6 Å². The van der Waals surface area contributed by atoms with E-state index in [-0.39, 0.29) is 11.9 Å². The molecule has 114 valence electrons. The Bertz CT molecular complexity index is 858. The molecule has 2 N–H and O–H groups in total. The van der Waals surface area contributed by atoms with Crippen molar-refractivity contribution in [2.24, 2.45) is 0 Å². The molecule has 7 heteroatoms. The van der Waals surface area contributed by atoms with Gasteiger partial charge in [-0.3, -0.25) is 0 Å². The molecule has 0 atom stereocenters. The number of para-hydroxylation sites is 1.